The van der Waals surface area contributed by atoms with Crippen molar-refractivity contribution in [1.82, 2.24) is 10.2 Å². The molecular weight excluding hydrogens is 244 g/mol. The Balaban J connectivity index is 1.86. The van der Waals surface area contributed by atoms with E-state index in [0.717, 1.165) is 32.4 Å². The first-order valence-electron chi connectivity index (χ1n) is 7.22. The maximum atomic E-state index is 12.5. The number of likely N-dealkylation sites (tertiary alicyclic amines) is 1. The number of nitrogens with one attached hydrogen (secondary N) is 1. The highest BCUT2D eigenvalue weighted by molar-refractivity contribution is 5.79. The second kappa shape index (κ2) is 6.37. The summed E-state index contributed by atoms with van der Waals surface area (Å²) in [5, 5.41) is 2.85. The Morgan fingerprint density at radius 3 is 2.79 bits per heavy atom. The van der Waals surface area contributed by atoms with Gasteiger partial charge >= 0.3 is 0 Å². The fraction of sp³-hybridized carbons (Fsp3) is 0.857. The highest BCUT2D eigenvalue weighted by Crippen LogP contribution is 2.25. The Morgan fingerprint density at radius 1 is 1.37 bits per heavy atom. The first-order chi connectivity index (χ1) is 9.08. The standard InChI is InChI=1S/C14H24N2O3/c1-10-13(5-7-19-10)14(18)16-6-3-4-12(9-16)8-15-11(2)17/h10,12-13H,3-9H2,1-2H3,(H,15,17). The van der Waals surface area contributed by atoms with Crippen molar-refractivity contribution in [1.29, 1.82) is 0 Å². The summed E-state index contributed by atoms with van der Waals surface area (Å²) in [5.41, 5.74) is 0. The number of rotatable bonds is 3. The van der Waals surface area contributed by atoms with Gasteiger partial charge in [0.1, 0.15) is 0 Å². The molecule has 1 N–H and O–H groups in total. The summed E-state index contributed by atoms with van der Waals surface area (Å²) in [5.74, 6) is 0.650. The molecule has 2 saturated heterocycles. The molecule has 2 aliphatic rings. The SMILES string of the molecule is CC(=O)NCC1CCCN(C(=O)C2CCOC2C)C1. The zero-order valence-corrected chi connectivity index (χ0v) is 11.9. The molecule has 0 spiro atoms. The Hall–Kier alpha value is -1.10. The highest BCUT2D eigenvalue weighted by Gasteiger charge is 2.35. The Morgan fingerprint density at radius 2 is 2.16 bits per heavy atom. The van der Waals surface area contributed by atoms with Gasteiger partial charge in [0.05, 0.1) is 12.0 Å². The third-order valence-corrected chi connectivity index (χ3v) is 4.16. The number of nitrogens with zero attached hydrogens (tertiary/aromatic N) is 1. The predicted octanol–water partition coefficient (Wildman–Crippen LogP) is 0.786. The second-order valence-corrected chi connectivity index (χ2v) is 5.70. The van der Waals surface area contributed by atoms with Crippen LogP contribution in [0.1, 0.15) is 33.1 Å². The average molecular weight is 268 g/mol. The van der Waals surface area contributed by atoms with E-state index in [4.69, 9.17) is 4.74 Å². The zero-order chi connectivity index (χ0) is 13.8. The van der Waals surface area contributed by atoms with Gasteiger partial charge in [0.25, 0.3) is 0 Å². The molecule has 0 saturated carbocycles. The Labute approximate surface area is 114 Å². The van der Waals surface area contributed by atoms with Crippen molar-refractivity contribution in [3.8, 4) is 0 Å². The molecule has 0 aliphatic carbocycles. The van der Waals surface area contributed by atoms with Crippen molar-refractivity contribution in [3.05, 3.63) is 0 Å². The van der Waals surface area contributed by atoms with Crippen LogP contribution in [0.5, 0.6) is 0 Å². The normalized spacial score (nSPS) is 31.3. The van der Waals surface area contributed by atoms with Crippen LogP contribution >= 0.6 is 0 Å². The molecule has 2 fully saturated rings. The molecule has 5 heteroatoms. The van der Waals surface area contributed by atoms with E-state index in [1.807, 2.05) is 11.8 Å². The molecule has 2 rings (SSSR count). The van der Waals surface area contributed by atoms with Gasteiger partial charge in [-0.2, -0.15) is 0 Å². The highest BCUT2D eigenvalue weighted by atomic mass is 16.5. The zero-order valence-electron chi connectivity index (χ0n) is 11.9. The van der Waals surface area contributed by atoms with Gasteiger partial charge in [-0.1, -0.05) is 0 Å². The van der Waals surface area contributed by atoms with Crippen LogP contribution in [-0.2, 0) is 14.3 Å². The minimum absolute atomic E-state index is 0.00117. The summed E-state index contributed by atoms with van der Waals surface area (Å²) in [7, 11) is 0. The summed E-state index contributed by atoms with van der Waals surface area (Å²) in [6.07, 6.45) is 2.99. The van der Waals surface area contributed by atoms with Crippen molar-refractivity contribution in [3.63, 3.8) is 0 Å². The molecule has 0 radical (unpaired) electrons. The molecule has 108 valence electrons. The van der Waals surface area contributed by atoms with E-state index in [0.29, 0.717) is 19.1 Å². The van der Waals surface area contributed by atoms with Crippen molar-refractivity contribution in [2.75, 3.05) is 26.2 Å². The fourth-order valence-corrected chi connectivity index (χ4v) is 3.01. The molecule has 2 heterocycles. The largest absolute Gasteiger partial charge is 0.378 e. The number of amides is 2. The van der Waals surface area contributed by atoms with Crippen molar-refractivity contribution in [2.24, 2.45) is 11.8 Å². The molecule has 5 nitrogen and oxygen atoms in total. The minimum Gasteiger partial charge on any atom is -0.378 e. The summed E-state index contributed by atoms with van der Waals surface area (Å²) in [6, 6.07) is 0. The van der Waals surface area contributed by atoms with E-state index in [2.05, 4.69) is 5.32 Å². The van der Waals surface area contributed by atoms with Crippen molar-refractivity contribution in [2.45, 2.75) is 39.2 Å². The van der Waals surface area contributed by atoms with E-state index in [1.165, 1.54) is 6.92 Å². The number of carbonyl (C=O) groups excluding carboxylic acids is 2. The molecule has 3 unspecified atom stereocenters. The molecule has 2 amide bonds. The van der Waals surface area contributed by atoms with Crippen LogP contribution in [0.4, 0.5) is 0 Å². The van der Waals surface area contributed by atoms with Gasteiger partial charge in [-0.05, 0) is 32.1 Å². The molecule has 19 heavy (non-hydrogen) atoms. The molecule has 2 aliphatic heterocycles. The summed E-state index contributed by atoms with van der Waals surface area (Å²) < 4.78 is 5.48. The van der Waals surface area contributed by atoms with E-state index in [9.17, 15) is 9.59 Å². The van der Waals surface area contributed by atoms with Crippen molar-refractivity contribution < 1.29 is 14.3 Å². The van der Waals surface area contributed by atoms with E-state index in [-0.39, 0.29) is 23.8 Å². The number of hydrogen-bond acceptors (Lipinski definition) is 3. The number of carbonyl (C=O) groups is 2. The van der Waals surface area contributed by atoms with Crippen molar-refractivity contribution >= 4 is 11.8 Å². The lowest BCUT2D eigenvalue weighted by molar-refractivity contribution is -0.138. The van der Waals surface area contributed by atoms with Crippen LogP contribution in [-0.4, -0.2) is 49.1 Å². The van der Waals surface area contributed by atoms with Crippen LogP contribution in [0, 0.1) is 11.8 Å². The van der Waals surface area contributed by atoms with Gasteiger partial charge in [-0.15, -0.1) is 0 Å². The van der Waals surface area contributed by atoms with Gasteiger partial charge in [0.15, 0.2) is 0 Å². The summed E-state index contributed by atoms with van der Waals surface area (Å²) in [6.45, 7) is 6.50. The lowest BCUT2D eigenvalue weighted by Gasteiger charge is -2.34. The van der Waals surface area contributed by atoms with E-state index < -0.39 is 0 Å². The average Bonchev–Trinajstić information content (AvgIpc) is 2.82. The minimum atomic E-state index is 0.00117. The van der Waals surface area contributed by atoms with Gasteiger partial charge < -0.3 is 15.0 Å². The topological polar surface area (TPSA) is 58.6 Å². The van der Waals surface area contributed by atoms with E-state index in [1.54, 1.807) is 0 Å². The third-order valence-electron chi connectivity index (χ3n) is 4.16. The van der Waals surface area contributed by atoms with Crippen LogP contribution in [0.25, 0.3) is 0 Å². The van der Waals surface area contributed by atoms with Crippen LogP contribution < -0.4 is 5.32 Å². The lowest BCUT2D eigenvalue weighted by atomic mass is 9.94. The van der Waals surface area contributed by atoms with Crippen LogP contribution in [0.3, 0.4) is 0 Å². The maximum Gasteiger partial charge on any atom is 0.228 e. The maximum absolute atomic E-state index is 12.5. The number of piperidine rings is 1. The van der Waals surface area contributed by atoms with Crippen LogP contribution in [0.2, 0.25) is 0 Å². The molecule has 0 aromatic heterocycles. The Kier molecular flexibility index (Phi) is 4.80. The summed E-state index contributed by atoms with van der Waals surface area (Å²) >= 11 is 0. The molecule has 0 aromatic carbocycles. The fourth-order valence-electron chi connectivity index (χ4n) is 3.01. The third kappa shape index (κ3) is 3.69. The lowest BCUT2D eigenvalue weighted by Crippen LogP contribution is -2.46. The smallest absolute Gasteiger partial charge is 0.228 e. The quantitative estimate of drug-likeness (QED) is 0.823. The van der Waals surface area contributed by atoms with Gasteiger partial charge in [-0.3, -0.25) is 9.59 Å². The van der Waals surface area contributed by atoms with E-state index >= 15 is 0 Å². The first-order valence-corrected chi connectivity index (χ1v) is 7.22. The predicted molar refractivity (Wildman–Crippen MR) is 71.5 cm³/mol. The molecule has 3 atom stereocenters. The summed E-state index contributed by atoms with van der Waals surface area (Å²) in [4.78, 5) is 25.4. The number of hydrogen-bond donors (Lipinski definition) is 1. The molecule has 0 bridgehead atoms. The van der Waals surface area contributed by atoms with Gasteiger partial charge in [-0.25, -0.2) is 0 Å². The molecule has 0 aromatic rings. The second-order valence-electron chi connectivity index (χ2n) is 5.70. The first kappa shape index (κ1) is 14.3. The Bertz CT molecular complexity index is 346. The van der Waals surface area contributed by atoms with Crippen LogP contribution in [0.15, 0.2) is 0 Å². The van der Waals surface area contributed by atoms with Gasteiger partial charge in [0.2, 0.25) is 11.8 Å². The molecular formula is C14H24N2O3. The van der Waals surface area contributed by atoms with Gasteiger partial charge in [0, 0.05) is 33.2 Å². The monoisotopic (exact) mass is 268 g/mol. The number of ether oxygens (including phenoxy) is 1.